The maximum atomic E-state index is 13.8. The molecule has 0 aromatic heterocycles. The van der Waals surface area contributed by atoms with E-state index in [1.807, 2.05) is 23.1 Å². The number of carbonyl (C=O) groups excluding carboxylic acids is 1. The van der Waals surface area contributed by atoms with Gasteiger partial charge in [-0.1, -0.05) is 60.7 Å². The van der Waals surface area contributed by atoms with Crippen LogP contribution in [-0.2, 0) is 13.0 Å². The molecule has 6 nitrogen and oxygen atoms in total. The number of likely N-dealkylation sites (tertiary alicyclic amines) is 1. The van der Waals surface area contributed by atoms with Crippen LogP contribution >= 0.6 is 0 Å². The van der Waals surface area contributed by atoms with Gasteiger partial charge in [0.1, 0.15) is 17.2 Å². The Hall–Kier alpha value is -4.03. The van der Waals surface area contributed by atoms with E-state index in [1.165, 1.54) is 16.5 Å². The van der Waals surface area contributed by atoms with Crippen LogP contribution in [0.25, 0.3) is 10.8 Å². The molecule has 4 aromatic rings. The number of amides is 1. The lowest BCUT2D eigenvalue weighted by atomic mass is 9.91. The molecule has 0 radical (unpaired) electrons. The lowest BCUT2D eigenvalue weighted by molar-refractivity contribution is 0.0575. The molecule has 0 saturated carbocycles. The maximum Gasteiger partial charge on any atom is 0.254 e. The molecule has 6 heteroatoms. The SMILES string of the molecule is COc1cc(OC)cc(C(=O)N2CC[C@H](NCc3ccc(OC)c4ccccc34)C[C@@H]2Cc2ccccc2)c1. The number of fused-ring (bicyclic) bond motifs is 1. The molecule has 2 atom stereocenters. The Morgan fingerprint density at radius 3 is 2.23 bits per heavy atom. The van der Waals surface area contributed by atoms with Crippen molar-refractivity contribution in [3.63, 3.8) is 0 Å². The minimum atomic E-state index is 0.00716. The Bertz CT molecular complexity index is 1400. The number of ether oxygens (including phenoxy) is 3. The number of piperidine rings is 1. The number of hydrogen-bond acceptors (Lipinski definition) is 5. The van der Waals surface area contributed by atoms with Crippen molar-refractivity contribution in [2.45, 2.75) is 37.9 Å². The summed E-state index contributed by atoms with van der Waals surface area (Å²) in [6, 6.07) is 28.7. The van der Waals surface area contributed by atoms with Gasteiger partial charge in [0.2, 0.25) is 0 Å². The van der Waals surface area contributed by atoms with Crippen LogP contribution in [0.4, 0.5) is 0 Å². The van der Waals surface area contributed by atoms with Gasteiger partial charge in [0, 0.05) is 42.2 Å². The summed E-state index contributed by atoms with van der Waals surface area (Å²) in [6.45, 7) is 1.44. The van der Waals surface area contributed by atoms with Crippen LogP contribution in [0.3, 0.4) is 0 Å². The molecule has 1 fully saturated rings. The third-order valence-electron chi connectivity index (χ3n) is 7.66. The highest BCUT2D eigenvalue weighted by atomic mass is 16.5. The number of methoxy groups -OCH3 is 3. The molecule has 0 aliphatic carbocycles. The molecule has 4 aromatic carbocycles. The second-order valence-electron chi connectivity index (χ2n) is 10.0. The number of nitrogens with zero attached hydrogens (tertiary/aromatic N) is 1. The number of nitrogens with one attached hydrogen (secondary N) is 1. The number of hydrogen-bond donors (Lipinski definition) is 1. The van der Waals surface area contributed by atoms with Gasteiger partial charge in [-0.3, -0.25) is 4.79 Å². The summed E-state index contributed by atoms with van der Waals surface area (Å²) in [5.41, 5.74) is 3.05. The van der Waals surface area contributed by atoms with Gasteiger partial charge in [0.15, 0.2) is 0 Å². The van der Waals surface area contributed by atoms with E-state index in [2.05, 4.69) is 53.8 Å². The van der Waals surface area contributed by atoms with E-state index < -0.39 is 0 Å². The zero-order chi connectivity index (χ0) is 27.2. The topological polar surface area (TPSA) is 60.0 Å². The highest BCUT2D eigenvalue weighted by Crippen LogP contribution is 2.30. The molecule has 5 rings (SSSR count). The van der Waals surface area contributed by atoms with Gasteiger partial charge >= 0.3 is 0 Å². The highest BCUT2D eigenvalue weighted by Gasteiger charge is 2.32. The first-order valence-corrected chi connectivity index (χ1v) is 13.5. The summed E-state index contributed by atoms with van der Waals surface area (Å²) >= 11 is 0. The number of rotatable bonds is 9. The van der Waals surface area contributed by atoms with Crippen LogP contribution in [0, 0.1) is 0 Å². The normalized spacial score (nSPS) is 17.2. The minimum absolute atomic E-state index is 0.00716. The average molecular weight is 525 g/mol. The molecular formula is C33H36N2O4. The molecule has 202 valence electrons. The molecule has 1 amide bonds. The van der Waals surface area contributed by atoms with E-state index in [0.29, 0.717) is 29.6 Å². The molecule has 1 aliphatic heterocycles. The van der Waals surface area contributed by atoms with Gasteiger partial charge < -0.3 is 24.4 Å². The second kappa shape index (κ2) is 12.2. The molecule has 1 heterocycles. The van der Waals surface area contributed by atoms with E-state index in [9.17, 15) is 4.79 Å². The van der Waals surface area contributed by atoms with Gasteiger partial charge in [-0.15, -0.1) is 0 Å². The molecule has 1 aliphatic rings. The largest absolute Gasteiger partial charge is 0.497 e. The van der Waals surface area contributed by atoms with E-state index >= 15 is 0 Å². The number of carbonyl (C=O) groups is 1. The first kappa shape index (κ1) is 26.6. The summed E-state index contributed by atoms with van der Waals surface area (Å²) < 4.78 is 16.4. The van der Waals surface area contributed by atoms with Crippen molar-refractivity contribution in [2.75, 3.05) is 27.9 Å². The van der Waals surface area contributed by atoms with Crippen LogP contribution in [0.1, 0.15) is 34.3 Å². The van der Waals surface area contributed by atoms with E-state index in [-0.39, 0.29) is 11.9 Å². The van der Waals surface area contributed by atoms with Crippen molar-refractivity contribution in [3.8, 4) is 17.2 Å². The number of benzene rings is 4. The smallest absolute Gasteiger partial charge is 0.254 e. The van der Waals surface area contributed by atoms with Gasteiger partial charge in [0.25, 0.3) is 5.91 Å². The fraction of sp³-hybridized carbons (Fsp3) is 0.303. The molecule has 39 heavy (non-hydrogen) atoms. The zero-order valence-corrected chi connectivity index (χ0v) is 22.9. The Morgan fingerprint density at radius 2 is 1.54 bits per heavy atom. The molecular weight excluding hydrogens is 488 g/mol. The van der Waals surface area contributed by atoms with E-state index in [1.54, 1.807) is 39.5 Å². The van der Waals surface area contributed by atoms with Crippen LogP contribution in [0.5, 0.6) is 17.2 Å². The van der Waals surface area contributed by atoms with Crippen LogP contribution in [0.2, 0.25) is 0 Å². The van der Waals surface area contributed by atoms with Gasteiger partial charge in [-0.25, -0.2) is 0 Å². The summed E-state index contributed by atoms with van der Waals surface area (Å²) in [5.74, 6) is 2.12. The second-order valence-corrected chi connectivity index (χ2v) is 10.0. The standard InChI is InChI=1S/C33H36N2O4/c1-37-28-18-25(19-29(21-28)38-2)33(36)35-16-15-26(20-27(35)17-23-9-5-4-6-10-23)34-22-24-13-14-32(39-3)31-12-8-7-11-30(24)31/h4-14,18-19,21,26-27,34H,15-17,20,22H2,1-3H3/t26-,27-/m0/s1. The van der Waals surface area contributed by atoms with Crippen molar-refractivity contribution in [2.24, 2.45) is 0 Å². The van der Waals surface area contributed by atoms with Crippen LogP contribution in [0.15, 0.2) is 84.9 Å². The lowest BCUT2D eigenvalue weighted by Gasteiger charge is -2.40. The van der Waals surface area contributed by atoms with Gasteiger partial charge in [-0.2, -0.15) is 0 Å². The fourth-order valence-corrected chi connectivity index (χ4v) is 5.60. The van der Waals surface area contributed by atoms with E-state index in [4.69, 9.17) is 14.2 Å². The average Bonchev–Trinajstić information content (AvgIpc) is 2.99. The third kappa shape index (κ3) is 6.02. The zero-order valence-electron chi connectivity index (χ0n) is 22.9. The molecule has 0 unspecified atom stereocenters. The van der Waals surface area contributed by atoms with Crippen LogP contribution in [-0.4, -0.2) is 50.8 Å². The lowest BCUT2D eigenvalue weighted by Crippen LogP contribution is -2.51. The highest BCUT2D eigenvalue weighted by molar-refractivity contribution is 5.95. The summed E-state index contributed by atoms with van der Waals surface area (Å²) in [6.07, 6.45) is 2.55. The van der Waals surface area contributed by atoms with Crippen molar-refractivity contribution in [1.29, 1.82) is 0 Å². The third-order valence-corrected chi connectivity index (χ3v) is 7.66. The first-order chi connectivity index (χ1) is 19.1. The van der Waals surface area contributed by atoms with Crippen LogP contribution < -0.4 is 19.5 Å². The quantitative estimate of drug-likeness (QED) is 0.297. The Balaban J connectivity index is 1.35. The van der Waals surface area contributed by atoms with Crippen molar-refractivity contribution in [3.05, 3.63) is 102 Å². The predicted octanol–water partition coefficient (Wildman–Crippen LogP) is 5.87. The Labute approximate surface area is 230 Å². The van der Waals surface area contributed by atoms with E-state index in [0.717, 1.165) is 36.9 Å². The molecule has 1 N–H and O–H groups in total. The predicted molar refractivity (Wildman–Crippen MR) is 155 cm³/mol. The summed E-state index contributed by atoms with van der Waals surface area (Å²) in [4.78, 5) is 15.8. The fourth-order valence-electron chi connectivity index (χ4n) is 5.60. The van der Waals surface area contributed by atoms with Crippen molar-refractivity contribution >= 4 is 16.7 Å². The summed E-state index contributed by atoms with van der Waals surface area (Å²) in [7, 11) is 4.91. The molecule has 0 spiro atoms. The maximum absolute atomic E-state index is 13.8. The first-order valence-electron chi connectivity index (χ1n) is 13.5. The minimum Gasteiger partial charge on any atom is -0.497 e. The van der Waals surface area contributed by atoms with Crippen molar-refractivity contribution in [1.82, 2.24) is 10.2 Å². The molecule has 1 saturated heterocycles. The summed E-state index contributed by atoms with van der Waals surface area (Å²) in [5, 5.41) is 6.12. The monoisotopic (exact) mass is 524 g/mol. The van der Waals surface area contributed by atoms with Gasteiger partial charge in [-0.05, 0) is 54.0 Å². The Kier molecular flexibility index (Phi) is 8.33. The van der Waals surface area contributed by atoms with Crippen molar-refractivity contribution < 1.29 is 19.0 Å². The van der Waals surface area contributed by atoms with Gasteiger partial charge in [0.05, 0.1) is 21.3 Å². The molecule has 0 bridgehead atoms. The Morgan fingerprint density at radius 1 is 0.846 bits per heavy atom.